The van der Waals surface area contributed by atoms with Crippen molar-refractivity contribution in [3.8, 4) is 0 Å². The van der Waals surface area contributed by atoms with E-state index in [4.69, 9.17) is 0 Å². The molecule has 0 fully saturated rings. The Balaban J connectivity index is 2.50. The Kier molecular flexibility index (Phi) is 4.32. The fourth-order valence-electron chi connectivity index (χ4n) is 1.05. The van der Waals surface area contributed by atoms with Crippen LogP contribution in [0.3, 0.4) is 0 Å². The zero-order valence-electron chi connectivity index (χ0n) is 8.10. The molecule has 0 radical (unpaired) electrons. The maximum atomic E-state index is 9.69. The first kappa shape index (κ1) is 10.6. The molecule has 1 heterocycles. The summed E-state index contributed by atoms with van der Waals surface area (Å²) in [6.45, 7) is 4.98. The second-order valence-corrected chi connectivity index (χ2v) is 4.12. The van der Waals surface area contributed by atoms with Crippen molar-refractivity contribution in [2.75, 3.05) is 11.5 Å². The molecule has 1 aromatic rings. The Bertz CT molecular complexity index is 250. The van der Waals surface area contributed by atoms with Crippen LogP contribution in [0.5, 0.6) is 0 Å². The van der Waals surface area contributed by atoms with Crippen LogP contribution in [-0.4, -0.2) is 26.4 Å². The van der Waals surface area contributed by atoms with Crippen LogP contribution >= 0.6 is 11.8 Å². The highest BCUT2D eigenvalue weighted by atomic mass is 32.2. The van der Waals surface area contributed by atoms with Crippen LogP contribution < -0.4 is 0 Å². The van der Waals surface area contributed by atoms with E-state index in [9.17, 15) is 5.11 Å². The Hall–Kier alpha value is -0.480. The van der Waals surface area contributed by atoms with Crippen molar-refractivity contribution in [1.82, 2.24) is 9.78 Å². The summed E-state index contributed by atoms with van der Waals surface area (Å²) in [5, 5.41) is 13.8. The molecule has 0 bridgehead atoms. The minimum atomic E-state index is -0.370. The smallest absolute Gasteiger partial charge is 0.0910 e. The van der Waals surface area contributed by atoms with Crippen LogP contribution in [0.2, 0.25) is 0 Å². The fourth-order valence-corrected chi connectivity index (χ4v) is 1.70. The van der Waals surface area contributed by atoms with E-state index in [1.165, 1.54) is 0 Å². The Morgan fingerprint density at radius 3 is 2.92 bits per heavy atom. The van der Waals surface area contributed by atoms with Gasteiger partial charge in [0.05, 0.1) is 12.3 Å². The van der Waals surface area contributed by atoms with Gasteiger partial charge < -0.3 is 5.11 Å². The number of rotatable bonds is 5. The molecule has 1 atom stereocenters. The summed E-state index contributed by atoms with van der Waals surface area (Å²) in [4.78, 5) is 0. The number of hydrogen-bond acceptors (Lipinski definition) is 3. The largest absolute Gasteiger partial charge is 0.387 e. The van der Waals surface area contributed by atoms with Crippen LogP contribution in [-0.2, 0) is 6.54 Å². The summed E-state index contributed by atoms with van der Waals surface area (Å²) in [5.41, 5.74) is 0.919. The fraction of sp³-hybridized carbons (Fsp3) is 0.667. The van der Waals surface area contributed by atoms with Gasteiger partial charge in [-0.3, -0.25) is 4.68 Å². The molecule has 0 aliphatic carbocycles. The van der Waals surface area contributed by atoms with Crippen molar-refractivity contribution in [2.24, 2.45) is 0 Å². The highest BCUT2D eigenvalue weighted by Crippen LogP contribution is 2.16. The molecule has 1 aromatic heterocycles. The molecule has 1 N–H and O–H groups in total. The molecule has 1 rings (SSSR count). The molecule has 0 aliphatic rings. The maximum Gasteiger partial charge on any atom is 0.0910 e. The van der Waals surface area contributed by atoms with Crippen LogP contribution in [0, 0.1) is 0 Å². The molecule has 13 heavy (non-hydrogen) atoms. The van der Waals surface area contributed by atoms with Crippen molar-refractivity contribution < 1.29 is 5.11 Å². The number of hydrogen-bond donors (Lipinski definition) is 1. The molecule has 4 heteroatoms. The summed E-state index contributed by atoms with van der Waals surface area (Å²) >= 11 is 1.74. The summed E-state index contributed by atoms with van der Waals surface area (Å²) in [5.74, 6) is 1.80. The quantitative estimate of drug-likeness (QED) is 0.786. The van der Waals surface area contributed by atoms with Gasteiger partial charge in [0.15, 0.2) is 0 Å². The second-order valence-electron chi connectivity index (χ2n) is 2.80. The van der Waals surface area contributed by atoms with Gasteiger partial charge in [-0.05, 0) is 12.7 Å². The van der Waals surface area contributed by atoms with Crippen molar-refractivity contribution in [3.05, 3.63) is 18.0 Å². The summed E-state index contributed by atoms with van der Waals surface area (Å²) in [7, 11) is 0. The molecule has 0 amide bonds. The van der Waals surface area contributed by atoms with E-state index in [0.29, 0.717) is 0 Å². The maximum absolute atomic E-state index is 9.69. The van der Waals surface area contributed by atoms with Crippen LogP contribution in [0.25, 0.3) is 0 Å². The van der Waals surface area contributed by atoms with E-state index in [2.05, 4.69) is 12.0 Å². The SMILES string of the molecule is CCSCC(O)c1cnn(CC)c1. The summed E-state index contributed by atoms with van der Waals surface area (Å²) in [6, 6.07) is 0. The van der Waals surface area contributed by atoms with Gasteiger partial charge in [-0.2, -0.15) is 16.9 Å². The molecule has 0 saturated carbocycles. The predicted molar refractivity (Wildman–Crippen MR) is 55.9 cm³/mol. The van der Waals surface area contributed by atoms with E-state index < -0.39 is 0 Å². The predicted octanol–water partition coefficient (Wildman–Crippen LogP) is 1.69. The lowest BCUT2D eigenvalue weighted by Gasteiger charge is -2.05. The lowest BCUT2D eigenvalue weighted by Crippen LogP contribution is -1.99. The Morgan fingerprint density at radius 1 is 1.62 bits per heavy atom. The van der Waals surface area contributed by atoms with Crippen molar-refractivity contribution >= 4 is 11.8 Å². The third-order valence-corrected chi connectivity index (χ3v) is 2.80. The van der Waals surface area contributed by atoms with Crippen molar-refractivity contribution in [2.45, 2.75) is 26.5 Å². The Morgan fingerprint density at radius 2 is 2.38 bits per heavy atom. The summed E-state index contributed by atoms with van der Waals surface area (Å²) in [6.07, 6.45) is 3.27. The normalized spacial score (nSPS) is 13.2. The summed E-state index contributed by atoms with van der Waals surface area (Å²) < 4.78 is 1.83. The van der Waals surface area contributed by atoms with Gasteiger partial charge in [0.1, 0.15) is 0 Å². The van der Waals surface area contributed by atoms with Crippen molar-refractivity contribution in [3.63, 3.8) is 0 Å². The third-order valence-electron chi connectivity index (χ3n) is 1.84. The van der Waals surface area contributed by atoms with E-state index in [1.807, 2.05) is 17.8 Å². The lowest BCUT2D eigenvalue weighted by molar-refractivity contribution is 0.204. The van der Waals surface area contributed by atoms with Gasteiger partial charge in [-0.1, -0.05) is 6.92 Å². The topological polar surface area (TPSA) is 38.1 Å². The number of aromatic nitrogens is 2. The van der Waals surface area contributed by atoms with Gasteiger partial charge in [0.2, 0.25) is 0 Å². The van der Waals surface area contributed by atoms with E-state index in [1.54, 1.807) is 18.0 Å². The average molecular weight is 200 g/mol. The van der Waals surface area contributed by atoms with E-state index >= 15 is 0 Å². The van der Waals surface area contributed by atoms with Gasteiger partial charge >= 0.3 is 0 Å². The minimum absolute atomic E-state index is 0.370. The molecule has 3 nitrogen and oxygen atoms in total. The first-order valence-electron chi connectivity index (χ1n) is 4.56. The van der Waals surface area contributed by atoms with E-state index in [0.717, 1.165) is 23.6 Å². The molecule has 0 spiro atoms. The zero-order chi connectivity index (χ0) is 9.68. The lowest BCUT2D eigenvalue weighted by atomic mass is 10.2. The van der Waals surface area contributed by atoms with Crippen LogP contribution in [0.1, 0.15) is 25.5 Å². The number of nitrogens with zero attached hydrogens (tertiary/aromatic N) is 2. The Labute approximate surface area is 83.1 Å². The molecule has 74 valence electrons. The number of aliphatic hydroxyl groups is 1. The zero-order valence-corrected chi connectivity index (χ0v) is 8.92. The van der Waals surface area contributed by atoms with Crippen LogP contribution in [0.4, 0.5) is 0 Å². The number of aryl methyl sites for hydroxylation is 1. The second kappa shape index (κ2) is 5.29. The van der Waals surface area contributed by atoms with Gasteiger partial charge in [0.25, 0.3) is 0 Å². The molecule has 0 saturated heterocycles. The molecular weight excluding hydrogens is 184 g/mol. The van der Waals surface area contributed by atoms with Crippen LogP contribution in [0.15, 0.2) is 12.4 Å². The van der Waals surface area contributed by atoms with E-state index in [-0.39, 0.29) is 6.10 Å². The molecule has 0 aromatic carbocycles. The van der Waals surface area contributed by atoms with Gasteiger partial charge in [-0.25, -0.2) is 0 Å². The molecular formula is C9H16N2OS. The van der Waals surface area contributed by atoms with Gasteiger partial charge in [-0.15, -0.1) is 0 Å². The molecule has 0 aliphatic heterocycles. The highest BCUT2D eigenvalue weighted by Gasteiger charge is 2.08. The number of thioether (sulfide) groups is 1. The van der Waals surface area contributed by atoms with Crippen molar-refractivity contribution in [1.29, 1.82) is 0 Å². The molecule has 1 unspecified atom stereocenters. The monoisotopic (exact) mass is 200 g/mol. The standard InChI is InChI=1S/C9H16N2OS/c1-3-11-6-8(5-10-11)9(12)7-13-4-2/h5-6,9,12H,3-4,7H2,1-2H3. The highest BCUT2D eigenvalue weighted by molar-refractivity contribution is 7.99. The van der Waals surface area contributed by atoms with Gasteiger partial charge in [0, 0.05) is 24.1 Å². The third kappa shape index (κ3) is 3.04. The first-order valence-corrected chi connectivity index (χ1v) is 5.71. The first-order chi connectivity index (χ1) is 6.27. The number of aliphatic hydroxyl groups excluding tert-OH is 1. The minimum Gasteiger partial charge on any atom is -0.387 e. The average Bonchev–Trinajstić information content (AvgIpc) is 2.62.